The van der Waals surface area contributed by atoms with Crippen molar-refractivity contribution in [2.75, 3.05) is 31.6 Å². The van der Waals surface area contributed by atoms with Gasteiger partial charge in [-0.25, -0.2) is 4.79 Å². The predicted molar refractivity (Wildman–Crippen MR) is 137 cm³/mol. The van der Waals surface area contributed by atoms with E-state index in [-0.39, 0.29) is 45.1 Å². The second-order valence-corrected chi connectivity index (χ2v) is 9.76. The molecule has 1 aromatic rings. The molecule has 12 heteroatoms. The third-order valence-corrected chi connectivity index (χ3v) is 5.97. The van der Waals surface area contributed by atoms with Gasteiger partial charge in [-0.2, -0.15) is 0 Å². The Morgan fingerprint density at radius 1 is 1.17 bits per heavy atom. The van der Waals surface area contributed by atoms with Crippen molar-refractivity contribution in [3.05, 3.63) is 37.7 Å². The van der Waals surface area contributed by atoms with Gasteiger partial charge >= 0.3 is 6.09 Å². The van der Waals surface area contributed by atoms with Gasteiger partial charge < -0.3 is 25.4 Å². The number of alkyl carbamates (subject to hydrolysis) is 1. The van der Waals surface area contributed by atoms with Gasteiger partial charge in [0.15, 0.2) is 0 Å². The summed E-state index contributed by atoms with van der Waals surface area (Å²) in [6, 6.07) is 0.993. The normalized spacial score (nSPS) is 11.7. The molecule has 3 N–H and O–H groups in total. The average molecular weight is 555 g/mol. The highest BCUT2D eigenvalue weighted by atomic mass is 79.9. The predicted octanol–water partition coefficient (Wildman–Crippen LogP) is 4.43. The summed E-state index contributed by atoms with van der Waals surface area (Å²) in [5.74, 6) is -0.745. The van der Waals surface area contributed by atoms with Crippen molar-refractivity contribution in [1.82, 2.24) is 10.6 Å². The van der Waals surface area contributed by atoms with E-state index in [4.69, 9.17) is 15.0 Å². The average Bonchev–Trinajstić information content (AvgIpc) is 2.76. The van der Waals surface area contributed by atoms with Crippen molar-refractivity contribution in [2.45, 2.75) is 66.0 Å². The Morgan fingerprint density at radius 3 is 2.49 bits per heavy atom. The van der Waals surface area contributed by atoms with Gasteiger partial charge in [-0.1, -0.05) is 27.1 Å². The Bertz CT molecular complexity index is 957. The fourth-order valence-corrected chi connectivity index (χ4v) is 3.48. The van der Waals surface area contributed by atoms with Gasteiger partial charge in [0.1, 0.15) is 11.6 Å². The monoisotopic (exact) mass is 554 g/mol. The summed E-state index contributed by atoms with van der Waals surface area (Å²) in [6.07, 6.45) is -0.682. The number of halogens is 1. The fourth-order valence-electron chi connectivity index (χ4n) is 3.17. The van der Waals surface area contributed by atoms with Crippen molar-refractivity contribution in [3.8, 4) is 0 Å². The summed E-state index contributed by atoms with van der Waals surface area (Å²) in [7, 11) is 0. The quantitative estimate of drug-likeness (QED) is 0.151. The van der Waals surface area contributed by atoms with E-state index in [0.717, 1.165) is 21.2 Å². The molecule has 0 unspecified atom stereocenters. The van der Waals surface area contributed by atoms with E-state index in [2.05, 4.69) is 41.9 Å². The molecule has 0 saturated heterocycles. The molecular weight excluding hydrogens is 520 g/mol. The van der Waals surface area contributed by atoms with Crippen LogP contribution in [0.25, 0.3) is 10.4 Å². The number of ether oxygens (including phenoxy) is 2. The Balaban J connectivity index is 2.76. The van der Waals surface area contributed by atoms with E-state index < -0.39 is 23.6 Å². The molecule has 0 saturated carbocycles. The number of nitrogens with zero attached hydrogens (tertiary/aromatic N) is 3. The fraction of sp³-hybridized carbons (Fsp3) is 0.609. The van der Waals surface area contributed by atoms with Crippen LogP contribution in [0.1, 0.15) is 50.3 Å². The van der Waals surface area contributed by atoms with Crippen LogP contribution in [0, 0.1) is 20.8 Å². The van der Waals surface area contributed by atoms with Crippen molar-refractivity contribution in [3.63, 3.8) is 0 Å². The maximum atomic E-state index is 12.7. The summed E-state index contributed by atoms with van der Waals surface area (Å²) in [5.41, 5.74) is 11.1. The van der Waals surface area contributed by atoms with E-state index in [1.807, 2.05) is 26.8 Å². The molecule has 0 aromatic heterocycles. The van der Waals surface area contributed by atoms with Crippen LogP contribution in [0.4, 0.5) is 10.5 Å². The van der Waals surface area contributed by atoms with E-state index in [1.165, 1.54) is 0 Å². The first-order valence-corrected chi connectivity index (χ1v) is 12.1. The minimum atomic E-state index is -0.981. The lowest BCUT2D eigenvalue weighted by Crippen LogP contribution is -2.49. The molecule has 0 spiro atoms. The summed E-state index contributed by atoms with van der Waals surface area (Å²) < 4.78 is 11.4. The topological polar surface area (TPSA) is 155 Å². The molecule has 0 heterocycles. The van der Waals surface area contributed by atoms with Crippen molar-refractivity contribution in [2.24, 2.45) is 5.11 Å². The van der Waals surface area contributed by atoms with Crippen LogP contribution in [0.15, 0.2) is 15.7 Å². The van der Waals surface area contributed by atoms with Crippen LogP contribution in [-0.4, -0.2) is 55.9 Å². The molecule has 0 aliphatic rings. The lowest BCUT2D eigenvalue weighted by atomic mass is 10.0. The minimum Gasteiger partial charge on any atom is -0.444 e. The molecule has 35 heavy (non-hydrogen) atoms. The Hall–Kier alpha value is -2.82. The number of hydrogen-bond acceptors (Lipinski definition) is 6. The Kier molecular flexibility index (Phi) is 12.6. The van der Waals surface area contributed by atoms with Gasteiger partial charge in [0.2, 0.25) is 11.8 Å². The lowest BCUT2D eigenvalue weighted by Gasteiger charge is -2.23. The first-order valence-electron chi connectivity index (χ1n) is 11.3. The standard InChI is InChI=1S/C23H35BrN6O5/c1-14-13-15(2)20(16(3)19(14)24)29-18(31)8-7-17(28-22(33)35-23(4,5)6)21(32)26-9-11-34-12-10-27-30-25/h13,17H,7-12H2,1-6H3,(H,26,32)(H,28,33)(H,29,31)/t17-/m0/s1. The van der Waals surface area contributed by atoms with Gasteiger partial charge in [-0.15, -0.1) is 0 Å². The number of aryl methyl sites for hydroxylation is 2. The van der Waals surface area contributed by atoms with E-state index >= 15 is 0 Å². The van der Waals surface area contributed by atoms with Gasteiger partial charge in [-0.3, -0.25) is 9.59 Å². The highest BCUT2D eigenvalue weighted by Gasteiger charge is 2.25. The molecule has 0 fully saturated rings. The van der Waals surface area contributed by atoms with E-state index in [0.29, 0.717) is 5.69 Å². The van der Waals surface area contributed by atoms with Gasteiger partial charge in [-0.05, 0) is 70.2 Å². The van der Waals surface area contributed by atoms with E-state index in [9.17, 15) is 14.4 Å². The van der Waals surface area contributed by atoms with Crippen molar-refractivity contribution >= 4 is 39.5 Å². The zero-order valence-electron chi connectivity index (χ0n) is 21.2. The van der Waals surface area contributed by atoms with Crippen LogP contribution in [0.2, 0.25) is 0 Å². The maximum Gasteiger partial charge on any atom is 0.408 e. The summed E-state index contributed by atoms with van der Waals surface area (Å²) in [6.45, 7) is 11.8. The SMILES string of the molecule is Cc1cc(C)c(NC(=O)CC[C@H](NC(=O)OC(C)(C)C)C(=O)NCCOCCN=[N+]=[N-])c(C)c1Br. The number of nitrogens with one attached hydrogen (secondary N) is 3. The Morgan fingerprint density at radius 2 is 1.86 bits per heavy atom. The van der Waals surface area contributed by atoms with Gasteiger partial charge in [0.05, 0.1) is 13.2 Å². The van der Waals surface area contributed by atoms with Crippen LogP contribution < -0.4 is 16.0 Å². The molecule has 0 radical (unpaired) electrons. The number of benzene rings is 1. The molecule has 11 nitrogen and oxygen atoms in total. The van der Waals surface area contributed by atoms with Gasteiger partial charge in [0, 0.05) is 34.6 Å². The second-order valence-electron chi connectivity index (χ2n) is 8.97. The first kappa shape index (κ1) is 30.2. The molecule has 0 aliphatic heterocycles. The zero-order chi connectivity index (χ0) is 26.6. The highest BCUT2D eigenvalue weighted by molar-refractivity contribution is 9.10. The number of anilines is 1. The molecule has 194 valence electrons. The molecule has 1 atom stereocenters. The molecule has 0 bridgehead atoms. The largest absolute Gasteiger partial charge is 0.444 e. The van der Waals surface area contributed by atoms with E-state index in [1.54, 1.807) is 20.8 Å². The number of azide groups is 1. The second kappa shape index (κ2) is 14.6. The van der Waals surface area contributed by atoms with Crippen molar-refractivity contribution < 1.29 is 23.9 Å². The summed E-state index contributed by atoms with van der Waals surface area (Å²) in [4.78, 5) is 40.3. The third kappa shape index (κ3) is 11.4. The summed E-state index contributed by atoms with van der Waals surface area (Å²) >= 11 is 3.54. The van der Waals surface area contributed by atoms with Crippen LogP contribution in [-0.2, 0) is 19.1 Å². The van der Waals surface area contributed by atoms with Crippen LogP contribution in [0.5, 0.6) is 0 Å². The number of rotatable bonds is 12. The third-order valence-electron chi connectivity index (χ3n) is 4.75. The number of amides is 3. The molecule has 3 amide bonds. The zero-order valence-corrected chi connectivity index (χ0v) is 22.7. The van der Waals surface area contributed by atoms with Crippen LogP contribution in [0.3, 0.4) is 0 Å². The van der Waals surface area contributed by atoms with Crippen LogP contribution >= 0.6 is 15.9 Å². The highest BCUT2D eigenvalue weighted by Crippen LogP contribution is 2.31. The minimum absolute atomic E-state index is 0.000917. The molecule has 1 aromatic carbocycles. The first-order chi connectivity index (χ1) is 16.4. The maximum absolute atomic E-state index is 12.7. The molecule has 0 aliphatic carbocycles. The lowest BCUT2D eigenvalue weighted by molar-refractivity contribution is -0.123. The number of carbonyl (C=O) groups is 3. The number of hydrogen-bond donors (Lipinski definition) is 3. The molecule has 1 rings (SSSR count). The molecular formula is C23H35BrN6O5. The summed E-state index contributed by atoms with van der Waals surface area (Å²) in [5, 5.41) is 11.5. The Labute approximate surface area is 214 Å². The van der Waals surface area contributed by atoms with Gasteiger partial charge in [0.25, 0.3) is 0 Å². The smallest absolute Gasteiger partial charge is 0.408 e. The number of carbonyl (C=O) groups excluding carboxylic acids is 3. The van der Waals surface area contributed by atoms with Crippen molar-refractivity contribution in [1.29, 1.82) is 0 Å².